The summed E-state index contributed by atoms with van der Waals surface area (Å²) in [6, 6.07) is -11.0. The highest BCUT2D eigenvalue weighted by molar-refractivity contribution is 8.76. The topological polar surface area (TPSA) is 747 Å². The summed E-state index contributed by atoms with van der Waals surface area (Å²) in [4.78, 5) is 250. The van der Waals surface area contributed by atoms with Gasteiger partial charge in [0.05, 0.1) is 0 Å². The molecule has 0 bridgehead atoms. The molecule has 2 aromatic carbocycles. The number of rotatable bonds is 44. The number of fused-ring (bicyclic) bond motifs is 1. The van der Waals surface area contributed by atoms with Gasteiger partial charge in [0.1, 0.15) is 96.1 Å². The zero-order valence-corrected chi connectivity index (χ0v) is 77.5. The van der Waals surface area contributed by atoms with Crippen LogP contribution in [0.3, 0.4) is 0 Å². The van der Waals surface area contributed by atoms with Gasteiger partial charge in [-0.1, -0.05) is 104 Å². The largest absolute Gasteiger partial charge is 0.508 e. The van der Waals surface area contributed by atoms with E-state index in [9.17, 15) is 72.9 Å². The zero-order valence-electron chi connectivity index (χ0n) is 75.8. The van der Waals surface area contributed by atoms with E-state index in [1.54, 1.807) is 0 Å². The van der Waals surface area contributed by atoms with E-state index in [0.717, 1.165) is 66.5 Å². The molecule has 4 fully saturated rings. The lowest BCUT2D eigenvalue weighted by atomic mass is 9.90. The molecule has 0 radical (unpaired) electrons. The Labute approximate surface area is 780 Å². The number of aliphatic carboxylic acids is 1. The van der Waals surface area contributed by atoms with Gasteiger partial charge in [0.15, 0.2) is 23.2 Å². The summed E-state index contributed by atoms with van der Waals surface area (Å²) in [6.45, 7) is 3.72. The lowest BCUT2D eigenvalue weighted by Crippen LogP contribution is -2.66. The summed E-state index contributed by atoms with van der Waals surface area (Å²) in [6.07, 6.45) is 7.76. The number of carbonyl (C=O) groups is 17. The molecule has 0 aromatic heterocycles. The highest BCUT2D eigenvalue weighted by atomic mass is 33.1. The maximum Gasteiger partial charge on any atom is 0.326 e. The molecule has 4 aliphatic rings. The summed E-state index contributed by atoms with van der Waals surface area (Å²) in [7, 11) is 1.51. The molecule has 0 aliphatic carbocycles. The number of hydrogen-bond acceptors (Lipinski definition) is 27. The van der Waals surface area contributed by atoms with Crippen molar-refractivity contribution in [3.63, 3.8) is 0 Å². The monoisotopic (exact) mass is 1900 g/mol. The standard InChI is InChI=1S/C86H137N25O20S2/c1-4-5-6-7-8-9-10-11-12-26-67(114)86(95,48-88)83(131)100-49(2)69(116)107-62-46-132-133-47-63(77(124)106-60(43-51-27-31-53(112)32-28-51)74(121)103-58(35-36-68(90)115)73(120)104-59(20-13-14-37-87)80(127)110-41-18-24-65(110)81(128)111-42-19-25-66(111)82(129)130)108-75(122)61(44-52-29-33-54(113)34-30-52)105-72(119)57(22-16-39-97-85(93)94)101-70(117)55(89)45-98-78(125)64-23-17-40-109(64)79(126)50(3)99-71(118)56(102-76(62)123)21-15-38-96-84(91)92/h27-34,49-50,55-66,112-113H,4-26,35-48,87-89,95H2,1-3H3,(H2,90,115)(H,98,125)(H,99,118)(H,100,131)(H,101,117)(H,102,123)(H,103,121)(H,104,120)(H,105,119)(H,106,124)(H,107,116)(H,108,122)(H,129,130)(H4,91,92,96)(H4,93,94,97)/t49-,50-,55+,56-,57-,58-,59-,60-,61-,62-,63-,64+,65+,66-,86+/m0/s1. The van der Waals surface area contributed by atoms with Crippen LogP contribution in [-0.4, -0.2) is 296 Å². The van der Waals surface area contributed by atoms with Gasteiger partial charge in [0, 0.05) is 83.0 Å². The number of guanidine groups is 2. The highest BCUT2D eigenvalue weighted by Gasteiger charge is 2.47. The molecule has 6 rings (SSSR count). The van der Waals surface area contributed by atoms with Crippen molar-refractivity contribution in [1.29, 1.82) is 10.8 Å². The molecule has 4 heterocycles. The van der Waals surface area contributed by atoms with Gasteiger partial charge >= 0.3 is 5.97 Å². The minimum atomic E-state index is -2.32. The second-order valence-electron chi connectivity index (χ2n) is 33.9. The number of Topliss-reactive ketones (excluding diaryl/α,β-unsaturated/α-hetero) is 1. The number of phenols is 2. The lowest BCUT2D eigenvalue weighted by Gasteiger charge is -2.33. The molecule has 4 aliphatic heterocycles. The third-order valence-corrected chi connectivity index (χ3v) is 25.9. The third kappa shape index (κ3) is 36.0. The van der Waals surface area contributed by atoms with Gasteiger partial charge in [0.25, 0.3) is 0 Å². The fourth-order valence-corrected chi connectivity index (χ4v) is 18.0. The summed E-state index contributed by atoms with van der Waals surface area (Å²) < 4.78 is 0. The maximum absolute atomic E-state index is 15.8. The summed E-state index contributed by atoms with van der Waals surface area (Å²) >= 11 is 0. The third-order valence-electron chi connectivity index (χ3n) is 23.5. The number of carbonyl (C=O) groups excluding carboxylic acids is 16. The molecule has 738 valence electrons. The Morgan fingerprint density at radius 3 is 1.71 bits per heavy atom. The number of unbranched alkanes of at least 4 members (excludes halogenated alkanes) is 9. The molecule has 47 heteroatoms. The first kappa shape index (κ1) is 110. The van der Waals surface area contributed by atoms with Crippen LogP contribution in [0.5, 0.6) is 11.5 Å². The number of nitrogens with one attached hydrogen (secondary N) is 15. The highest BCUT2D eigenvalue weighted by Crippen LogP contribution is 2.29. The van der Waals surface area contributed by atoms with E-state index in [-0.39, 0.29) is 126 Å². The molecule has 2 aromatic rings. The van der Waals surface area contributed by atoms with E-state index in [1.165, 1.54) is 77.1 Å². The Morgan fingerprint density at radius 2 is 1.11 bits per heavy atom. The first-order valence-corrected chi connectivity index (χ1v) is 48.0. The minimum absolute atomic E-state index is 0.0120. The molecule has 15 amide bonds. The molecule has 4 saturated heterocycles. The molecule has 15 atom stereocenters. The van der Waals surface area contributed by atoms with Gasteiger partial charge in [-0.05, 0) is 152 Å². The number of hydrogen-bond donors (Lipinski definition) is 25. The smallest absolute Gasteiger partial charge is 0.326 e. The average Bonchev–Trinajstić information content (AvgIpc) is 1.64. The fraction of sp³-hybridized carbons (Fsp3) is 0.640. The van der Waals surface area contributed by atoms with Gasteiger partial charge < -0.3 is 139 Å². The van der Waals surface area contributed by atoms with Crippen molar-refractivity contribution in [2.75, 3.05) is 63.9 Å². The van der Waals surface area contributed by atoms with E-state index in [1.807, 2.05) is 0 Å². The number of amides is 15. The number of carboxylic acids is 1. The normalized spacial score (nSPS) is 22.3. The quantitative estimate of drug-likeness (QED) is 0.00982. The molecule has 45 nitrogen and oxygen atoms in total. The fourth-order valence-electron chi connectivity index (χ4n) is 15.7. The maximum atomic E-state index is 15.8. The van der Waals surface area contributed by atoms with Crippen molar-refractivity contribution in [2.45, 2.75) is 284 Å². The number of ketones is 1. The molecular weight excluding hydrogens is 1770 g/mol. The van der Waals surface area contributed by atoms with Crippen LogP contribution < -0.4 is 109 Å². The summed E-state index contributed by atoms with van der Waals surface area (Å²) in [5.74, 6) is -19.0. The Kier molecular flexibility index (Phi) is 46.6. The van der Waals surface area contributed by atoms with Crippen LogP contribution in [0.2, 0.25) is 0 Å². The second-order valence-corrected chi connectivity index (χ2v) is 36.5. The van der Waals surface area contributed by atoms with Gasteiger partial charge in [-0.15, -0.1) is 0 Å². The van der Waals surface area contributed by atoms with Crippen molar-refractivity contribution in [3.8, 4) is 11.5 Å². The Morgan fingerprint density at radius 1 is 0.571 bits per heavy atom. The molecule has 0 unspecified atom stereocenters. The molecule has 0 saturated carbocycles. The minimum Gasteiger partial charge on any atom is -0.508 e. The first-order chi connectivity index (χ1) is 63.3. The molecular formula is C86H137N25O20S2. The zero-order chi connectivity index (χ0) is 98.0. The SMILES string of the molecule is CCCCCCCCCCCC(=O)[C@](N)(CN)C(=O)N[C@@H](C)C(=O)N[C@H]1CSSC[C@@H](C(=O)N[C@@H](Cc2ccc(O)cc2)C(=O)N[C@@H](CCC(N)=O)C(=O)N[C@@H](CCCCN)C(=O)N2CCC[C@@H]2C(=O)N2CCC[C@H]2C(=O)O)NC(=O)[C@H](Cc2ccc(O)cc2)NC(=O)[C@H](CCCNC(=N)N)NC(=O)[C@H](N)CNC(=O)[C@H]2CCCN2C(=O)[C@H](C)NC(=O)[C@H](CCCNC(=N)N)NC1=O. The van der Waals surface area contributed by atoms with E-state index in [2.05, 4.69) is 76.0 Å². The van der Waals surface area contributed by atoms with Crippen molar-refractivity contribution in [2.24, 2.45) is 40.1 Å². The van der Waals surface area contributed by atoms with Crippen molar-refractivity contribution < 1.29 is 96.8 Å². The summed E-state index contributed by atoms with van der Waals surface area (Å²) in [5, 5.41) is 80.3. The predicted molar refractivity (Wildman–Crippen MR) is 494 cm³/mol. The van der Waals surface area contributed by atoms with Crippen molar-refractivity contribution in [1.82, 2.24) is 83.8 Å². The Hall–Kier alpha value is -11.7. The van der Waals surface area contributed by atoms with Crippen LogP contribution in [0.4, 0.5) is 0 Å². The van der Waals surface area contributed by atoms with E-state index < -0.39 is 253 Å². The number of carboxylic acid groups (broad SMARTS) is 1. The molecule has 0 spiro atoms. The Balaban J connectivity index is 1.46. The van der Waals surface area contributed by atoms with E-state index >= 15 is 24.0 Å². The number of nitrogens with two attached hydrogens (primary N) is 7. The number of nitrogens with zero attached hydrogens (tertiary/aromatic N) is 3. The van der Waals surface area contributed by atoms with Gasteiger partial charge in [-0.3, -0.25) is 87.5 Å². The van der Waals surface area contributed by atoms with Crippen LogP contribution in [0.1, 0.15) is 192 Å². The number of phenolic OH excluding ortho intramolecular Hbond substituents is 2. The van der Waals surface area contributed by atoms with Crippen molar-refractivity contribution >= 4 is 134 Å². The number of aromatic hydroxyl groups is 2. The van der Waals surface area contributed by atoms with Crippen LogP contribution in [0.15, 0.2) is 48.5 Å². The molecule has 32 N–H and O–H groups in total. The first-order valence-electron chi connectivity index (χ1n) is 45.5. The number of likely N-dealkylation sites (tertiary alicyclic amines) is 2. The number of primary amides is 1. The van der Waals surface area contributed by atoms with Crippen LogP contribution in [0.25, 0.3) is 0 Å². The lowest BCUT2D eigenvalue weighted by molar-refractivity contribution is -0.152. The summed E-state index contributed by atoms with van der Waals surface area (Å²) in [5.41, 5.74) is 39.9. The van der Waals surface area contributed by atoms with Crippen LogP contribution in [-0.2, 0) is 94.3 Å². The van der Waals surface area contributed by atoms with Gasteiger partial charge in [-0.2, -0.15) is 0 Å². The van der Waals surface area contributed by atoms with Crippen LogP contribution in [0, 0.1) is 10.8 Å². The van der Waals surface area contributed by atoms with Crippen molar-refractivity contribution in [3.05, 3.63) is 59.7 Å². The van der Waals surface area contributed by atoms with E-state index in [0.29, 0.717) is 38.5 Å². The van der Waals surface area contributed by atoms with Gasteiger partial charge in [-0.25, -0.2) is 4.79 Å². The number of benzene rings is 2. The molecule has 133 heavy (non-hydrogen) atoms. The van der Waals surface area contributed by atoms with Crippen LogP contribution >= 0.6 is 21.6 Å². The Bertz CT molecular complexity index is 4330. The predicted octanol–water partition coefficient (Wildman–Crippen LogP) is -4.27. The van der Waals surface area contributed by atoms with E-state index in [4.69, 9.17) is 51.0 Å². The van der Waals surface area contributed by atoms with Gasteiger partial charge in [0.2, 0.25) is 88.6 Å². The average molecular weight is 1910 g/mol. The second kappa shape index (κ2) is 56.4.